The quantitative estimate of drug-likeness (QED) is 0.446. The standard InChI is InChI=1S/C28H35N3O4S/c1-6-21(3)29-28(33)22(4)31(18-23-13-11-20(2)12-14-23)27(32)19-30(5)36(34,35)26-16-15-24-9-7-8-10-25(24)17-26/h7-17,21-22H,6,18-19H2,1-5H3,(H,29,33)/t21-,22-/m1/s1. The van der Waals surface area contributed by atoms with Gasteiger partial charge in [0.2, 0.25) is 21.8 Å². The number of carbonyl (C=O) groups excluding carboxylic acids is 2. The first-order valence-electron chi connectivity index (χ1n) is 12.1. The number of amides is 2. The van der Waals surface area contributed by atoms with E-state index in [1.807, 2.05) is 69.3 Å². The molecule has 0 radical (unpaired) electrons. The lowest BCUT2D eigenvalue weighted by Gasteiger charge is -2.31. The molecule has 0 saturated carbocycles. The summed E-state index contributed by atoms with van der Waals surface area (Å²) in [5, 5.41) is 4.65. The van der Waals surface area contributed by atoms with Crippen LogP contribution < -0.4 is 5.32 Å². The van der Waals surface area contributed by atoms with Crippen LogP contribution in [0.4, 0.5) is 0 Å². The van der Waals surface area contributed by atoms with Crippen LogP contribution in [-0.4, -0.2) is 55.1 Å². The first kappa shape index (κ1) is 27.4. The molecule has 3 aromatic carbocycles. The molecule has 0 spiro atoms. The topological polar surface area (TPSA) is 86.8 Å². The summed E-state index contributed by atoms with van der Waals surface area (Å²) in [6.45, 7) is 7.32. The third-order valence-electron chi connectivity index (χ3n) is 6.43. The second-order valence-electron chi connectivity index (χ2n) is 9.27. The zero-order valence-electron chi connectivity index (χ0n) is 21.6. The number of sulfonamides is 1. The van der Waals surface area contributed by atoms with Crippen molar-refractivity contribution in [2.45, 2.75) is 57.6 Å². The molecule has 0 aromatic heterocycles. The lowest BCUT2D eigenvalue weighted by Crippen LogP contribution is -2.51. The minimum absolute atomic E-state index is 0.0350. The van der Waals surface area contributed by atoms with Gasteiger partial charge in [0.1, 0.15) is 6.04 Å². The zero-order chi connectivity index (χ0) is 26.5. The molecule has 0 aliphatic carbocycles. The number of carbonyl (C=O) groups is 2. The van der Waals surface area contributed by atoms with Crippen molar-refractivity contribution in [3.05, 3.63) is 77.9 Å². The Balaban J connectivity index is 1.84. The van der Waals surface area contributed by atoms with Crippen molar-refractivity contribution in [2.75, 3.05) is 13.6 Å². The van der Waals surface area contributed by atoms with Gasteiger partial charge in [-0.3, -0.25) is 9.59 Å². The van der Waals surface area contributed by atoms with E-state index >= 15 is 0 Å². The van der Waals surface area contributed by atoms with Gasteiger partial charge in [-0.15, -0.1) is 0 Å². The maximum Gasteiger partial charge on any atom is 0.243 e. The largest absolute Gasteiger partial charge is 0.352 e. The molecule has 8 heteroatoms. The SMILES string of the molecule is CC[C@@H](C)NC(=O)[C@@H](C)N(Cc1ccc(C)cc1)C(=O)CN(C)S(=O)(=O)c1ccc2ccccc2c1. The number of hydrogen-bond acceptors (Lipinski definition) is 4. The Bertz CT molecular complexity index is 1320. The maximum atomic E-state index is 13.5. The maximum absolute atomic E-state index is 13.5. The lowest BCUT2D eigenvalue weighted by molar-refractivity contribution is -0.140. The molecule has 0 aliphatic rings. The number of benzene rings is 3. The fourth-order valence-electron chi connectivity index (χ4n) is 3.81. The van der Waals surface area contributed by atoms with Gasteiger partial charge >= 0.3 is 0 Å². The van der Waals surface area contributed by atoms with Gasteiger partial charge in [0.05, 0.1) is 11.4 Å². The van der Waals surface area contributed by atoms with Crippen LogP contribution >= 0.6 is 0 Å². The molecule has 3 rings (SSSR count). The van der Waals surface area contributed by atoms with Crippen molar-refractivity contribution in [3.8, 4) is 0 Å². The number of hydrogen-bond donors (Lipinski definition) is 1. The van der Waals surface area contributed by atoms with Gasteiger partial charge in [-0.25, -0.2) is 8.42 Å². The summed E-state index contributed by atoms with van der Waals surface area (Å²) >= 11 is 0. The molecule has 0 aliphatic heterocycles. The van der Waals surface area contributed by atoms with Gasteiger partial charge in [-0.05, 0) is 55.7 Å². The Labute approximate surface area is 214 Å². The second kappa shape index (κ2) is 11.7. The van der Waals surface area contributed by atoms with Crippen molar-refractivity contribution >= 4 is 32.6 Å². The highest BCUT2D eigenvalue weighted by Gasteiger charge is 2.30. The molecule has 7 nitrogen and oxygen atoms in total. The van der Waals surface area contributed by atoms with Crippen molar-refractivity contribution in [2.24, 2.45) is 0 Å². The summed E-state index contributed by atoms with van der Waals surface area (Å²) in [5.41, 5.74) is 1.94. The van der Waals surface area contributed by atoms with Gasteiger partial charge in [-0.1, -0.05) is 67.1 Å². The van der Waals surface area contributed by atoms with Crippen molar-refractivity contribution in [1.29, 1.82) is 0 Å². The van der Waals surface area contributed by atoms with Crippen LogP contribution in [0.2, 0.25) is 0 Å². The summed E-state index contributed by atoms with van der Waals surface area (Å²) in [4.78, 5) is 27.9. The predicted molar refractivity (Wildman–Crippen MR) is 143 cm³/mol. The van der Waals surface area contributed by atoms with E-state index in [-0.39, 0.29) is 29.9 Å². The monoisotopic (exact) mass is 509 g/mol. The highest BCUT2D eigenvalue weighted by atomic mass is 32.2. The minimum Gasteiger partial charge on any atom is -0.352 e. The van der Waals surface area contributed by atoms with Crippen LogP contribution in [0.5, 0.6) is 0 Å². The number of likely N-dealkylation sites (N-methyl/N-ethyl adjacent to an activating group) is 1. The molecule has 0 saturated heterocycles. The molecule has 0 heterocycles. The highest BCUT2D eigenvalue weighted by molar-refractivity contribution is 7.89. The normalized spacial score (nSPS) is 13.4. The predicted octanol–water partition coefficient (Wildman–Crippen LogP) is 4.10. The number of nitrogens with zero attached hydrogens (tertiary/aromatic N) is 2. The fourth-order valence-corrected chi connectivity index (χ4v) is 4.97. The molecule has 192 valence electrons. The molecule has 0 bridgehead atoms. The Kier molecular flexibility index (Phi) is 8.87. The van der Waals surface area contributed by atoms with Crippen LogP contribution in [0, 0.1) is 6.92 Å². The molecule has 0 fully saturated rings. The lowest BCUT2D eigenvalue weighted by atomic mass is 10.1. The molecule has 2 atom stereocenters. The summed E-state index contributed by atoms with van der Waals surface area (Å²) in [7, 11) is -2.54. The first-order chi connectivity index (χ1) is 17.0. The number of nitrogens with one attached hydrogen (secondary N) is 1. The van der Waals surface area contributed by atoms with E-state index in [4.69, 9.17) is 0 Å². The van der Waals surface area contributed by atoms with E-state index in [2.05, 4.69) is 5.32 Å². The van der Waals surface area contributed by atoms with E-state index in [0.29, 0.717) is 0 Å². The van der Waals surface area contributed by atoms with Crippen LogP contribution in [0.1, 0.15) is 38.3 Å². The van der Waals surface area contributed by atoms with E-state index in [9.17, 15) is 18.0 Å². The molecular weight excluding hydrogens is 474 g/mol. The highest BCUT2D eigenvalue weighted by Crippen LogP contribution is 2.22. The van der Waals surface area contributed by atoms with Gasteiger partial charge in [-0.2, -0.15) is 4.31 Å². The average molecular weight is 510 g/mol. The van der Waals surface area contributed by atoms with Gasteiger partial charge in [0.15, 0.2) is 0 Å². The summed E-state index contributed by atoms with van der Waals surface area (Å²) in [6, 6.07) is 19.3. The van der Waals surface area contributed by atoms with Gasteiger partial charge < -0.3 is 10.2 Å². The number of aryl methyl sites for hydroxylation is 1. The minimum atomic E-state index is -3.92. The van der Waals surface area contributed by atoms with Crippen molar-refractivity contribution < 1.29 is 18.0 Å². The molecule has 1 N–H and O–H groups in total. The van der Waals surface area contributed by atoms with Crippen LogP contribution in [0.25, 0.3) is 10.8 Å². The second-order valence-corrected chi connectivity index (χ2v) is 11.3. The summed E-state index contributed by atoms with van der Waals surface area (Å²) < 4.78 is 27.6. The summed E-state index contributed by atoms with van der Waals surface area (Å²) in [6.07, 6.45) is 0.761. The Morgan fingerprint density at radius 1 is 0.944 bits per heavy atom. The fraction of sp³-hybridized carbons (Fsp3) is 0.357. The molecule has 0 unspecified atom stereocenters. The van der Waals surface area contributed by atoms with Gasteiger partial charge in [0.25, 0.3) is 0 Å². The Morgan fingerprint density at radius 2 is 1.58 bits per heavy atom. The third-order valence-corrected chi connectivity index (χ3v) is 8.23. The third kappa shape index (κ3) is 6.50. The number of fused-ring (bicyclic) bond motifs is 1. The molecule has 2 amide bonds. The van der Waals surface area contributed by atoms with Crippen LogP contribution in [-0.2, 0) is 26.2 Å². The number of rotatable bonds is 10. The molecular formula is C28H35N3O4S. The van der Waals surface area contributed by atoms with Crippen LogP contribution in [0.15, 0.2) is 71.6 Å². The van der Waals surface area contributed by atoms with E-state index < -0.39 is 22.0 Å². The average Bonchev–Trinajstić information content (AvgIpc) is 2.87. The molecule has 3 aromatic rings. The van der Waals surface area contributed by atoms with Gasteiger partial charge in [0, 0.05) is 19.6 Å². The molecule has 36 heavy (non-hydrogen) atoms. The zero-order valence-corrected chi connectivity index (χ0v) is 22.4. The van der Waals surface area contributed by atoms with E-state index in [1.165, 1.54) is 11.9 Å². The Morgan fingerprint density at radius 3 is 2.22 bits per heavy atom. The van der Waals surface area contributed by atoms with Crippen molar-refractivity contribution in [3.63, 3.8) is 0 Å². The van der Waals surface area contributed by atoms with E-state index in [0.717, 1.165) is 32.6 Å². The first-order valence-corrected chi connectivity index (χ1v) is 13.6. The van der Waals surface area contributed by atoms with Crippen LogP contribution in [0.3, 0.4) is 0 Å². The smallest absolute Gasteiger partial charge is 0.243 e. The Hall–Kier alpha value is -3.23. The summed E-state index contributed by atoms with van der Waals surface area (Å²) in [5.74, 6) is -0.723. The van der Waals surface area contributed by atoms with Crippen molar-refractivity contribution in [1.82, 2.24) is 14.5 Å². The van der Waals surface area contributed by atoms with E-state index in [1.54, 1.807) is 25.1 Å².